The molecule has 0 spiro atoms. The number of aldehydes is 1. The molecule has 0 aliphatic carbocycles. The lowest BCUT2D eigenvalue weighted by atomic mass is 10.0. The van der Waals surface area contributed by atoms with Gasteiger partial charge in [-0.2, -0.15) is 0 Å². The Bertz CT molecular complexity index is 395. The third kappa shape index (κ3) is 3.08. The first kappa shape index (κ1) is 12.3. The van der Waals surface area contributed by atoms with Crippen molar-refractivity contribution in [2.45, 2.75) is 13.8 Å². The van der Waals surface area contributed by atoms with Crippen molar-refractivity contribution in [3.05, 3.63) is 39.4 Å². The first-order valence-corrected chi connectivity index (χ1v) is 5.42. The van der Waals surface area contributed by atoms with Crippen LogP contribution in [0.1, 0.15) is 19.4 Å². The van der Waals surface area contributed by atoms with Crippen molar-refractivity contribution in [3.8, 4) is 0 Å². The van der Waals surface area contributed by atoms with Crippen LogP contribution in [0, 0.1) is 5.92 Å². The number of rotatable bonds is 3. The molecule has 0 fully saturated rings. The highest BCUT2D eigenvalue weighted by molar-refractivity contribution is 6.42. The molecule has 80 valence electrons. The molecule has 1 aromatic carbocycles. The maximum Gasteiger partial charge on any atom is 0.146 e. The van der Waals surface area contributed by atoms with E-state index in [0.29, 0.717) is 15.6 Å². The molecular formula is C12H12Cl2O. The molecular weight excluding hydrogens is 231 g/mol. The molecule has 1 aromatic rings. The molecule has 0 aliphatic heterocycles. The molecule has 0 aliphatic rings. The van der Waals surface area contributed by atoms with Crippen molar-refractivity contribution in [2.75, 3.05) is 0 Å². The minimum atomic E-state index is 0.178. The Balaban J connectivity index is 3.17. The third-order valence-corrected chi connectivity index (χ3v) is 2.94. The molecule has 0 saturated heterocycles. The zero-order valence-corrected chi connectivity index (χ0v) is 10.1. The number of halogens is 2. The van der Waals surface area contributed by atoms with E-state index in [-0.39, 0.29) is 5.92 Å². The summed E-state index contributed by atoms with van der Waals surface area (Å²) in [5.41, 5.74) is 1.49. The number of hydrogen-bond donors (Lipinski definition) is 0. The average Bonchev–Trinajstić information content (AvgIpc) is 2.19. The molecule has 0 N–H and O–H groups in total. The van der Waals surface area contributed by atoms with E-state index in [1.165, 1.54) is 0 Å². The summed E-state index contributed by atoms with van der Waals surface area (Å²) in [6.45, 7) is 3.91. The lowest BCUT2D eigenvalue weighted by Crippen LogP contribution is -1.95. The van der Waals surface area contributed by atoms with Crippen molar-refractivity contribution in [1.82, 2.24) is 0 Å². The van der Waals surface area contributed by atoms with Gasteiger partial charge >= 0.3 is 0 Å². The van der Waals surface area contributed by atoms with Gasteiger partial charge in [0.05, 0.1) is 10.0 Å². The predicted molar refractivity (Wildman–Crippen MR) is 65.3 cm³/mol. The van der Waals surface area contributed by atoms with E-state index in [0.717, 1.165) is 11.8 Å². The fraction of sp³-hybridized carbons (Fsp3) is 0.250. The van der Waals surface area contributed by atoms with Crippen LogP contribution in [0.25, 0.3) is 6.08 Å². The Morgan fingerprint density at radius 3 is 2.53 bits per heavy atom. The van der Waals surface area contributed by atoms with Gasteiger partial charge in [0.1, 0.15) is 6.29 Å². The summed E-state index contributed by atoms with van der Waals surface area (Å²) in [4.78, 5) is 10.8. The normalized spacial score (nSPS) is 11.9. The third-order valence-electron chi connectivity index (χ3n) is 2.11. The van der Waals surface area contributed by atoms with Crippen LogP contribution in [-0.2, 0) is 4.79 Å². The summed E-state index contributed by atoms with van der Waals surface area (Å²) in [5, 5.41) is 0.985. The molecule has 1 nitrogen and oxygen atoms in total. The van der Waals surface area contributed by atoms with Crippen LogP contribution in [0.15, 0.2) is 23.8 Å². The Morgan fingerprint density at radius 2 is 2.00 bits per heavy atom. The van der Waals surface area contributed by atoms with E-state index < -0.39 is 0 Å². The largest absolute Gasteiger partial charge is 0.298 e. The molecule has 1 rings (SSSR count). The van der Waals surface area contributed by atoms with Gasteiger partial charge in [-0.05, 0) is 29.2 Å². The van der Waals surface area contributed by atoms with Crippen LogP contribution in [0.4, 0.5) is 0 Å². The second-order valence-corrected chi connectivity index (χ2v) is 4.35. The van der Waals surface area contributed by atoms with Crippen molar-refractivity contribution in [3.63, 3.8) is 0 Å². The average molecular weight is 243 g/mol. The van der Waals surface area contributed by atoms with Gasteiger partial charge in [-0.25, -0.2) is 0 Å². The van der Waals surface area contributed by atoms with E-state index in [2.05, 4.69) is 0 Å². The fourth-order valence-electron chi connectivity index (χ4n) is 1.15. The summed E-state index contributed by atoms with van der Waals surface area (Å²) in [6.07, 6.45) is 2.62. The Hall–Kier alpha value is -0.790. The second-order valence-electron chi connectivity index (χ2n) is 3.56. The van der Waals surface area contributed by atoms with Gasteiger partial charge < -0.3 is 0 Å². The monoisotopic (exact) mass is 242 g/mol. The van der Waals surface area contributed by atoms with Gasteiger partial charge in [-0.15, -0.1) is 0 Å². The van der Waals surface area contributed by atoms with Crippen molar-refractivity contribution in [1.29, 1.82) is 0 Å². The molecule has 0 unspecified atom stereocenters. The molecule has 0 saturated carbocycles. The Kier molecular flexibility index (Phi) is 4.37. The van der Waals surface area contributed by atoms with E-state index in [4.69, 9.17) is 23.2 Å². The quantitative estimate of drug-likeness (QED) is 0.573. The van der Waals surface area contributed by atoms with Crippen molar-refractivity contribution >= 4 is 35.6 Å². The standard InChI is InChI=1S/C12H12Cl2O/c1-8(2)10(7-15)6-9-4-3-5-11(13)12(9)14/h3-8H,1-2H3/b10-6+. The lowest BCUT2D eigenvalue weighted by molar-refractivity contribution is -0.105. The SMILES string of the molecule is CC(C)/C(C=O)=C/c1cccc(Cl)c1Cl. The number of benzene rings is 1. The second kappa shape index (κ2) is 5.34. The van der Waals surface area contributed by atoms with Gasteiger partial charge in [-0.1, -0.05) is 49.2 Å². The van der Waals surface area contributed by atoms with Gasteiger partial charge in [0.25, 0.3) is 0 Å². The van der Waals surface area contributed by atoms with Crippen molar-refractivity contribution in [2.24, 2.45) is 5.92 Å². The van der Waals surface area contributed by atoms with Gasteiger partial charge in [-0.3, -0.25) is 4.79 Å². The molecule has 0 radical (unpaired) electrons. The molecule has 0 atom stereocenters. The first-order chi connectivity index (χ1) is 7.06. The van der Waals surface area contributed by atoms with Crippen LogP contribution in [0.5, 0.6) is 0 Å². The minimum absolute atomic E-state index is 0.178. The summed E-state index contributed by atoms with van der Waals surface area (Å²) in [5.74, 6) is 0.178. The topological polar surface area (TPSA) is 17.1 Å². The van der Waals surface area contributed by atoms with E-state index in [1.807, 2.05) is 26.0 Å². The van der Waals surface area contributed by atoms with Crippen LogP contribution < -0.4 is 0 Å². The van der Waals surface area contributed by atoms with Gasteiger partial charge in [0, 0.05) is 0 Å². The van der Waals surface area contributed by atoms with Gasteiger partial charge in [0.15, 0.2) is 0 Å². The smallest absolute Gasteiger partial charge is 0.146 e. The summed E-state index contributed by atoms with van der Waals surface area (Å²) >= 11 is 11.9. The predicted octanol–water partition coefficient (Wildman–Crippen LogP) is 4.23. The maximum absolute atomic E-state index is 10.8. The van der Waals surface area contributed by atoms with E-state index in [1.54, 1.807) is 12.1 Å². The Morgan fingerprint density at radius 1 is 1.33 bits per heavy atom. The van der Waals surface area contributed by atoms with Gasteiger partial charge in [0.2, 0.25) is 0 Å². The molecule has 0 aromatic heterocycles. The number of carbonyl (C=O) groups excluding carboxylic acids is 1. The summed E-state index contributed by atoms with van der Waals surface area (Å²) in [6, 6.07) is 5.36. The molecule has 0 amide bonds. The highest BCUT2D eigenvalue weighted by Crippen LogP contribution is 2.27. The zero-order chi connectivity index (χ0) is 11.4. The number of allylic oxidation sites excluding steroid dienone is 1. The first-order valence-electron chi connectivity index (χ1n) is 4.67. The fourth-order valence-corrected chi connectivity index (χ4v) is 1.51. The molecule has 0 heterocycles. The molecule has 15 heavy (non-hydrogen) atoms. The van der Waals surface area contributed by atoms with Crippen LogP contribution in [-0.4, -0.2) is 6.29 Å². The Labute approximate surface area is 99.7 Å². The zero-order valence-electron chi connectivity index (χ0n) is 8.63. The summed E-state index contributed by atoms with van der Waals surface area (Å²) < 4.78 is 0. The summed E-state index contributed by atoms with van der Waals surface area (Å²) in [7, 11) is 0. The number of hydrogen-bond acceptors (Lipinski definition) is 1. The van der Waals surface area contributed by atoms with Crippen LogP contribution in [0.2, 0.25) is 10.0 Å². The van der Waals surface area contributed by atoms with Crippen molar-refractivity contribution < 1.29 is 4.79 Å². The number of carbonyl (C=O) groups is 1. The van der Waals surface area contributed by atoms with E-state index >= 15 is 0 Å². The highest BCUT2D eigenvalue weighted by Gasteiger charge is 2.05. The molecule has 3 heteroatoms. The maximum atomic E-state index is 10.8. The van der Waals surface area contributed by atoms with Crippen LogP contribution >= 0.6 is 23.2 Å². The lowest BCUT2D eigenvalue weighted by Gasteiger charge is -2.05. The minimum Gasteiger partial charge on any atom is -0.298 e. The molecule has 0 bridgehead atoms. The van der Waals surface area contributed by atoms with E-state index in [9.17, 15) is 4.79 Å². The van der Waals surface area contributed by atoms with Crippen LogP contribution in [0.3, 0.4) is 0 Å². The highest BCUT2D eigenvalue weighted by atomic mass is 35.5.